The second kappa shape index (κ2) is 7.67. The minimum Gasteiger partial charge on any atom is -0.497 e. The van der Waals surface area contributed by atoms with Crippen molar-refractivity contribution in [3.63, 3.8) is 0 Å². The minimum atomic E-state index is -0.0566. The number of nitrogens with one attached hydrogen (secondary N) is 2. The van der Waals surface area contributed by atoms with E-state index in [-0.39, 0.29) is 6.03 Å². The molecule has 0 unspecified atom stereocenters. The third kappa shape index (κ3) is 4.03. The number of piperazine rings is 1. The predicted octanol–water partition coefficient (Wildman–Crippen LogP) is 2.92. The average molecular weight is 365 g/mol. The van der Waals surface area contributed by atoms with Gasteiger partial charge in [-0.1, -0.05) is 12.1 Å². The van der Waals surface area contributed by atoms with Crippen LogP contribution >= 0.6 is 0 Å². The zero-order valence-electron chi connectivity index (χ0n) is 15.3. The molecular formula is C20H23N5O2. The second-order valence-electron chi connectivity index (χ2n) is 6.72. The molecule has 7 heteroatoms. The van der Waals surface area contributed by atoms with Gasteiger partial charge in [0.25, 0.3) is 0 Å². The molecule has 0 bridgehead atoms. The molecule has 0 aliphatic carbocycles. The summed E-state index contributed by atoms with van der Waals surface area (Å²) in [6, 6.07) is 13.8. The molecule has 27 heavy (non-hydrogen) atoms. The molecular weight excluding hydrogens is 342 g/mol. The van der Waals surface area contributed by atoms with Gasteiger partial charge >= 0.3 is 6.03 Å². The standard InChI is InChI=1S/C20H23N5O2/c1-27-18-4-2-3-15(11-18)14-24-7-9-25(10-8-24)20(26)22-17-5-6-19-16(12-17)13-21-23-19/h2-6,11-13H,7-10,14H2,1H3,(H,21,23)(H,22,26). The van der Waals surface area contributed by atoms with Crippen molar-refractivity contribution in [3.05, 3.63) is 54.2 Å². The van der Waals surface area contributed by atoms with Gasteiger partial charge in [0, 0.05) is 43.8 Å². The van der Waals surface area contributed by atoms with Gasteiger partial charge in [-0.05, 0) is 35.9 Å². The van der Waals surface area contributed by atoms with E-state index in [0.29, 0.717) is 13.1 Å². The third-order valence-corrected chi connectivity index (χ3v) is 4.89. The summed E-state index contributed by atoms with van der Waals surface area (Å²) in [5, 5.41) is 10.9. The lowest BCUT2D eigenvalue weighted by atomic mass is 10.2. The molecule has 7 nitrogen and oxygen atoms in total. The van der Waals surface area contributed by atoms with Gasteiger partial charge in [-0.15, -0.1) is 0 Å². The normalized spacial score (nSPS) is 15.1. The number of rotatable bonds is 4. The van der Waals surface area contributed by atoms with Gasteiger partial charge in [0.05, 0.1) is 18.8 Å². The topological polar surface area (TPSA) is 73.5 Å². The summed E-state index contributed by atoms with van der Waals surface area (Å²) in [7, 11) is 1.68. The van der Waals surface area contributed by atoms with Crippen molar-refractivity contribution < 1.29 is 9.53 Å². The summed E-state index contributed by atoms with van der Waals surface area (Å²) in [4.78, 5) is 16.8. The van der Waals surface area contributed by atoms with Crippen molar-refractivity contribution in [2.24, 2.45) is 0 Å². The summed E-state index contributed by atoms with van der Waals surface area (Å²) in [5.74, 6) is 0.875. The summed E-state index contributed by atoms with van der Waals surface area (Å²) in [6.07, 6.45) is 1.75. The largest absolute Gasteiger partial charge is 0.497 e. The molecule has 2 amide bonds. The monoisotopic (exact) mass is 365 g/mol. The Morgan fingerprint density at radius 2 is 2.04 bits per heavy atom. The van der Waals surface area contributed by atoms with Crippen LogP contribution in [0.25, 0.3) is 10.9 Å². The highest BCUT2D eigenvalue weighted by atomic mass is 16.5. The first kappa shape index (κ1) is 17.4. The van der Waals surface area contributed by atoms with Crippen LogP contribution in [0.1, 0.15) is 5.56 Å². The minimum absolute atomic E-state index is 0.0566. The lowest BCUT2D eigenvalue weighted by Crippen LogP contribution is -2.49. The summed E-state index contributed by atoms with van der Waals surface area (Å²) in [5.41, 5.74) is 2.97. The van der Waals surface area contributed by atoms with Crippen molar-refractivity contribution in [3.8, 4) is 5.75 Å². The number of hydrogen-bond donors (Lipinski definition) is 2. The Bertz CT molecular complexity index is 931. The number of carbonyl (C=O) groups is 1. The van der Waals surface area contributed by atoms with Crippen molar-refractivity contribution in [2.75, 3.05) is 38.6 Å². The number of carbonyl (C=O) groups excluding carboxylic acids is 1. The zero-order valence-corrected chi connectivity index (χ0v) is 15.3. The van der Waals surface area contributed by atoms with Crippen LogP contribution in [-0.2, 0) is 6.54 Å². The van der Waals surface area contributed by atoms with E-state index < -0.39 is 0 Å². The molecule has 2 aromatic carbocycles. The average Bonchev–Trinajstić information content (AvgIpc) is 3.16. The van der Waals surface area contributed by atoms with Crippen molar-refractivity contribution >= 4 is 22.6 Å². The Morgan fingerprint density at radius 1 is 1.19 bits per heavy atom. The van der Waals surface area contributed by atoms with Gasteiger partial charge in [0.15, 0.2) is 0 Å². The van der Waals surface area contributed by atoms with E-state index in [4.69, 9.17) is 4.74 Å². The molecule has 1 aliphatic heterocycles. The number of nitrogens with zero attached hydrogens (tertiary/aromatic N) is 3. The fraction of sp³-hybridized carbons (Fsp3) is 0.300. The molecule has 2 N–H and O–H groups in total. The number of ether oxygens (including phenoxy) is 1. The van der Waals surface area contributed by atoms with Crippen LogP contribution in [0.5, 0.6) is 5.75 Å². The summed E-state index contributed by atoms with van der Waals surface area (Å²) >= 11 is 0. The molecule has 1 aromatic heterocycles. The molecule has 1 saturated heterocycles. The third-order valence-electron chi connectivity index (χ3n) is 4.89. The van der Waals surface area contributed by atoms with Gasteiger partial charge in [0.1, 0.15) is 5.75 Å². The number of fused-ring (bicyclic) bond motifs is 1. The van der Waals surface area contributed by atoms with Gasteiger partial charge in [-0.3, -0.25) is 10.00 Å². The lowest BCUT2D eigenvalue weighted by Gasteiger charge is -2.34. The Morgan fingerprint density at radius 3 is 2.85 bits per heavy atom. The Labute approximate surface area is 157 Å². The van der Waals surface area contributed by atoms with Crippen molar-refractivity contribution in [1.82, 2.24) is 20.0 Å². The second-order valence-corrected chi connectivity index (χ2v) is 6.72. The molecule has 3 aromatic rings. The highest BCUT2D eigenvalue weighted by molar-refractivity contribution is 5.92. The number of aromatic amines is 1. The van der Waals surface area contributed by atoms with E-state index in [2.05, 4.69) is 32.5 Å². The van der Waals surface area contributed by atoms with Gasteiger partial charge in [-0.2, -0.15) is 5.10 Å². The van der Waals surface area contributed by atoms with E-state index in [9.17, 15) is 4.79 Å². The van der Waals surface area contributed by atoms with E-state index >= 15 is 0 Å². The molecule has 0 radical (unpaired) electrons. The van der Waals surface area contributed by atoms with E-state index in [1.54, 1.807) is 13.3 Å². The summed E-state index contributed by atoms with van der Waals surface area (Å²) < 4.78 is 5.29. The van der Waals surface area contributed by atoms with Crippen LogP contribution in [-0.4, -0.2) is 59.3 Å². The number of benzene rings is 2. The van der Waals surface area contributed by atoms with E-state index in [1.165, 1.54) is 5.56 Å². The first-order chi connectivity index (χ1) is 13.2. The zero-order chi connectivity index (χ0) is 18.6. The number of methoxy groups -OCH3 is 1. The molecule has 2 heterocycles. The van der Waals surface area contributed by atoms with Gasteiger partial charge in [-0.25, -0.2) is 4.79 Å². The quantitative estimate of drug-likeness (QED) is 0.746. The van der Waals surface area contributed by atoms with E-state index in [0.717, 1.165) is 42.0 Å². The predicted molar refractivity (Wildman–Crippen MR) is 105 cm³/mol. The molecule has 0 saturated carbocycles. The fourth-order valence-corrected chi connectivity index (χ4v) is 3.36. The Hall–Kier alpha value is -3.06. The number of anilines is 1. The maximum Gasteiger partial charge on any atom is 0.321 e. The molecule has 1 aliphatic rings. The Kier molecular flexibility index (Phi) is 4.93. The molecule has 4 rings (SSSR count). The number of amides is 2. The lowest BCUT2D eigenvalue weighted by molar-refractivity contribution is 0.143. The first-order valence-electron chi connectivity index (χ1n) is 9.05. The smallest absolute Gasteiger partial charge is 0.321 e. The molecule has 0 spiro atoms. The van der Waals surface area contributed by atoms with E-state index in [1.807, 2.05) is 35.2 Å². The molecule has 140 valence electrons. The van der Waals surface area contributed by atoms with Gasteiger partial charge < -0.3 is 15.0 Å². The SMILES string of the molecule is COc1cccc(CN2CCN(C(=O)Nc3ccc4[nH]ncc4c3)CC2)c1. The van der Waals surface area contributed by atoms with Crippen molar-refractivity contribution in [1.29, 1.82) is 0 Å². The highest BCUT2D eigenvalue weighted by Crippen LogP contribution is 2.18. The van der Waals surface area contributed by atoms with Crippen molar-refractivity contribution in [2.45, 2.75) is 6.54 Å². The van der Waals surface area contributed by atoms with Crippen LogP contribution in [0, 0.1) is 0 Å². The maximum absolute atomic E-state index is 12.5. The molecule has 1 fully saturated rings. The highest BCUT2D eigenvalue weighted by Gasteiger charge is 2.21. The number of urea groups is 1. The van der Waals surface area contributed by atoms with Crippen LogP contribution in [0.4, 0.5) is 10.5 Å². The van der Waals surface area contributed by atoms with Crippen LogP contribution in [0.3, 0.4) is 0 Å². The Balaban J connectivity index is 1.30. The van der Waals surface area contributed by atoms with Gasteiger partial charge in [0.2, 0.25) is 0 Å². The number of aromatic nitrogens is 2. The maximum atomic E-state index is 12.5. The fourth-order valence-electron chi connectivity index (χ4n) is 3.36. The number of hydrogen-bond acceptors (Lipinski definition) is 4. The summed E-state index contributed by atoms with van der Waals surface area (Å²) in [6.45, 7) is 3.99. The van der Waals surface area contributed by atoms with Crippen LogP contribution in [0.2, 0.25) is 0 Å². The van der Waals surface area contributed by atoms with Crippen LogP contribution < -0.4 is 10.1 Å². The van der Waals surface area contributed by atoms with Crippen LogP contribution in [0.15, 0.2) is 48.7 Å². The molecule has 0 atom stereocenters. The first-order valence-corrected chi connectivity index (χ1v) is 9.05. The number of H-pyrrole nitrogens is 1.